The van der Waals surface area contributed by atoms with E-state index in [0.29, 0.717) is 0 Å². The number of hydrogen-bond acceptors (Lipinski definition) is 6. The van der Waals surface area contributed by atoms with E-state index < -0.39 is 28.0 Å². The molecule has 0 saturated heterocycles. The fraction of sp³-hybridized carbons (Fsp3) is 0. The molecule has 3 N–H and O–H groups in total. The Morgan fingerprint density at radius 2 is 1.96 bits per heavy atom. The van der Waals surface area contributed by atoms with Gasteiger partial charge >= 0.3 is 5.69 Å². The van der Waals surface area contributed by atoms with Crippen LogP contribution in [0.5, 0.6) is 11.5 Å². The molecule has 2 aromatic rings. The van der Waals surface area contributed by atoms with Crippen LogP contribution in [-0.4, -0.2) is 27.3 Å². The molecule has 0 spiro atoms. The Morgan fingerprint density at radius 3 is 2.61 bits per heavy atom. The molecule has 0 aliphatic rings. The number of hydrazone groups is 1. The fourth-order valence-electron chi connectivity index (χ4n) is 1.70. The summed E-state index contributed by atoms with van der Waals surface area (Å²) in [7, 11) is 0. The van der Waals surface area contributed by atoms with Gasteiger partial charge < -0.3 is 10.2 Å². The predicted molar refractivity (Wildman–Crippen MR) is 82.9 cm³/mol. The zero-order valence-corrected chi connectivity index (χ0v) is 12.2. The van der Waals surface area contributed by atoms with E-state index in [1.54, 1.807) is 12.1 Å². The molecule has 0 fully saturated rings. The lowest BCUT2D eigenvalue weighted by Gasteiger charge is -2.03. The van der Waals surface area contributed by atoms with Gasteiger partial charge in [0.2, 0.25) is 0 Å². The van der Waals surface area contributed by atoms with Gasteiger partial charge in [0.05, 0.1) is 21.7 Å². The lowest BCUT2D eigenvalue weighted by molar-refractivity contribution is -0.385. The average molecular weight is 336 g/mol. The van der Waals surface area contributed by atoms with Crippen LogP contribution in [0, 0.1) is 10.1 Å². The number of phenolic OH excluding ortho intramolecular Hbond substituents is 2. The quantitative estimate of drug-likeness (QED) is 0.449. The molecule has 0 radical (unpaired) electrons. The number of halogens is 1. The van der Waals surface area contributed by atoms with Gasteiger partial charge in [-0.25, -0.2) is 5.43 Å². The van der Waals surface area contributed by atoms with E-state index in [1.807, 2.05) is 0 Å². The molecule has 0 heterocycles. The molecule has 9 heteroatoms. The Bertz CT molecular complexity index is 807. The van der Waals surface area contributed by atoms with Crippen LogP contribution in [0.25, 0.3) is 0 Å². The molecule has 0 aromatic heterocycles. The molecule has 2 aromatic carbocycles. The normalized spacial score (nSPS) is 10.7. The summed E-state index contributed by atoms with van der Waals surface area (Å²) in [6.07, 6.45) is 1.01. The van der Waals surface area contributed by atoms with Crippen molar-refractivity contribution >= 4 is 29.4 Å². The van der Waals surface area contributed by atoms with Crippen molar-refractivity contribution in [1.82, 2.24) is 5.43 Å². The Balaban J connectivity index is 2.18. The lowest BCUT2D eigenvalue weighted by Crippen LogP contribution is -2.17. The van der Waals surface area contributed by atoms with E-state index in [-0.39, 0.29) is 16.1 Å². The summed E-state index contributed by atoms with van der Waals surface area (Å²) < 4.78 is 0. The number of carbonyl (C=O) groups excluding carboxylic acids is 1. The highest BCUT2D eigenvalue weighted by Crippen LogP contribution is 2.31. The predicted octanol–water partition coefficient (Wildman–Crippen LogP) is 2.42. The van der Waals surface area contributed by atoms with E-state index >= 15 is 0 Å². The van der Waals surface area contributed by atoms with Crippen LogP contribution in [0.4, 0.5) is 5.69 Å². The maximum atomic E-state index is 11.8. The number of nitro benzene ring substituents is 1. The Kier molecular flexibility index (Phi) is 4.77. The van der Waals surface area contributed by atoms with Crippen LogP contribution in [-0.2, 0) is 0 Å². The van der Waals surface area contributed by atoms with Gasteiger partial charge in [-0.3, -0.25) is 14.9 Å². The lowest BCUT2D eigenvalue weighted by atomic mass is 10.2. The minimum atomic E-state index is -0.811. The molecule has 0 aliphatic heterocycles. The first-order valence-corrected chi connectivity index (χ1v) is 6.56. The fourth-order valence-corrected chi connectivity index (χ4v) is 1.92. The smallest absolute Gasteiger partial charge is 0.311 e. The number of amides is 1. The molecule has 0 atom stereocenters. The monoisotopic (exact) mass is 335 g/mol. The molecule has 0 unspecified atom stereocenters. The second-order valence-electron chi connectivity index (χ2n) is 4.34. The Morgan fingerprint density at radius 1 is 1.26 bits per heavy atom. The van der Waals surface area contributed by atoms with E-state index in [9.17, 15) is 25.1 Å². The summed E-state index contributed by atoms with van der Waals surface area (Å²) >= 11 is 5.86. The van der Waals surface area contributed by atoms with Gasteiger partial charge in [-0.2, -0.15) is 5.10 Å². The van der Waals surface area contributed by atoms with Crippen LogP contribution in [0.3, 0.4) is 0 Å². The number of phenols is 2. The van der Waals surface area contributed by atoms with E-state index in [1.165, 1.54) is 12.1 Å². The number of aromatic hydroxyl groups is 2. The summed E-state index contributed by atoms with van der Waals surface area (Å²) in [5.41, 5.74) is 1.74. The summed E-state index contributed by atoms with van der Waals surface area (Å²) in [6.45, 7) is 0. The molecule has 0 saturated carbocycles. The van der Waals surface area contributed by atoms with Crippen molar-refractivity contribution in [1.29, 1.82) is 0 Å². The molecule has 2 rings (SSSR count). The third kappa shape index (κ3) is 3.74. The second kappa shape index (κ2) is 6.75. The van der Waals surface area contributed by atoms with Gasteiger partial charge in [0.25, 0.3) is 5.91 Å². The third-order valence-corrected chi connectivity index (χ3v) is 3.14. The summed E-state index contributed by atoms with van der Waals surface area (Å²) in [4.78, 5) is 21.8. The zero-order valence-electron chi connectivity index (χ0n) is 11.4. The molecule has 0 aliphatic carbocycles. The maximum Gasteiger partial charge on any atom is 0.311 e. The first-order valence-electron chi connectivity index (χ1n) is 6.18. The average Bonchev–Trinajstić information content (AvgIpc) is 2.49. The first-order chi connectivity index (χ1) is 10.9. The number of carbonyl (C=O) groups is 1. The van der Waals surface area contributed by atoms with Crippen molar-refractivity contribution < 1.29 is 19.9 Å². The highest BCUT2D eigenvalue weighted by Gasteiger charge is 2.16. The first kappa shape index (κ1) is 16.2. The Hall–Kier alpha value is -3.13. The van der Waals surface area contributed by atoms with Gasteiger partial charge in [-0.1, -0.05) is 23.7 Å². The number of nitrogens with zero attached hydrogens (tertiary/aromatic N) is 2. The van der Waals surface area contributed by atoms with Crippen LogP contribution in [0.15, 0.2) is 41.5 Å². The minimum Gasteiger partial charge on any atom is -0.507 e. The molecule has 118 valence electrons. The van der Waals surface area contributed by atoms with Crippen molar-refractivity contribution in [3.05, 3.63) is 62.7 Å². The molecular weight excluding hydrogens is 326 g/mol. The van der Waals surface area contributed by atoms with Gasteiger partial charge in [0.15, 0.2) is 5.75 Å². The Labute approximate surface area is 134 Å². The summed E-state index contributed by atoms with van der Waals surface area (Å²) in [5.74, 6) is -1.69. The van der Waals surface area contributed by atoms with Gasteiger partial charge in [-0.15, -0.1) is 0 Å². The highest BCUT2D eigenvalue weighted by atomic mass is 35.5. The van der Waals surface area contributed by atoms with Crippen molar-refractivity contribution in [3.8, 4) is 11.5 Å². The molecule has 8 nitrogen and oxygen atoms in total. The van der Waals surface area contributed by atoms with Gasteiger partial charge in [0.1, 0.15) is 5.75 Å². The van der Waals surface area contributed by atoms with Crippen molar-refractivity contribution in [3.63, 3.8) is 0 Å². The molecular formula is C14H10ClN3O5. The van der Waals surface area contributed by atoms with Gasteiger partial charge in [0, 0.05) is 17.7 Å². The third-order valence-electron chi connectivity index (χ3n) is 2.81. The number of rotatable bonds is 4. The van der Waals surface area contributed by atoms with E-state index in [2.05, 4.69) is 10.5 Å². The van der Waals surface area contributed by atoms with Gasteiger partial charge in [-0.05, 0) is 12.1 Å². The van der Waals surface area contributed by atoms with Crippen LogP contribution < -0.4 is 5.43 Å². The second-order valence-corrected chi connectivity index (χ2v) is 4.74. The van der Waals surface area contributed by atoms with E-state index in [0.717, 1.165) is 18.3 Å². The zero-order chi connectivity index (χ0) is 17.0. The highest BCUT2D eigenvalue weighted by molar-refractivity contribution is 6.33. The molecule has 1 amide bonds. The number of benzene rings is 2. The minimum absolute atomic E-state index is 0.0473. The van der Waals surface area contributed by atoms with Crippen LogP contribution >= 0.6 is 11.6 Å². The number of nitro groups is 1. The summed E-state index contributed by atoms with van der Waals surface area (Å²) in [5, 5.41) is 33.5. The van der Waals surface area contributed by atoms with Crippen molar-refractivity contribution in [2.24, 2.45) is 5.10 Å². The van der Waals surface area contributed by atoms with Crippen molar-refractivity contribution in [2.45, 2.75) is 0 Å². The number of nitrogens with one attached hydrogen (secondary N) is 1. The van der Waals surface area contributed by atoms with Crippen molar-refractivity contribution in [2.75, 3.05) is 0 Å². The molecule has 0 bridgehead atoms. The number of hydrogen-bond donors (Lipinski definition) is 3. The van der Waals surface area contributed by atoms with Crippen LogP contribution in [0.1, 0.15) is 15.9 Å². The SMILES string of the molecule is O=C(N/N=C\c1cc([N+](=O)[O-])c(O)cc1O)c1ccccc1Cl. The largest absolute Gasteiger partial charge is 0.507 e. The summed E-state index contributed by atoms with van der Waals surface area (Å²) in [6, 6.07) is 8.06. The van der Waals surface area contributed by atoms with E-state index in [4.69, 9.17) is 11.6 Å². The molecule has 23 heavy (non-hydrogen) atoms. The maximum absolute atomic E-state index is 11.8. The topological polar surface area (TPSA) is 125 Å². The van der Waals surface area contributed by atoms with Crippen LogP contribution in [0.2, 0.25) is 5.02 Å². The standard InChI is InChI=1S/C14H10ClN3O5/c15-10-4-2-1-3-9(10)14(21)17-16-7-8-5-11(18(22)23)13(20)6-12(8)19/h1-7,19-20H,(H,17,21)/b16-7-.